The molecule has 0 unspecified atom stereocenters. The molecule has 128 valence electrons. The number of thioether (sulfide) groups is 1. The van der Waals surface area contributed by atoms with Gasteiger partial charge in [0.05, 0.1) is 6.61 Å². The summed E-state index contributed by atoms with van der Waals surface area (Å²) in [7, 11) is 1.64. The Morgan fingerprint density at radius 1 is 1.08 bits per heavy atom. The number of nitrogens with zero attached hydrogens (tertiary/aromatic N) is 2. The Balaban J connectivity index is 1.56. The van der Waals surface area contributed by atoms with Crippen molar-refractivity contribution in [2.45, 2.75) is 16.7 Å². The van der Waals surface area contributed by atoms with Crippen LogP contribution in [0.15, 0.2) is 58.9 Å². The van der Waals surface area contributed by atoms with Gasteiger partial charge in [0.25, 0.3) is 5.91 Å². The van der Waals surface area contributed by atoms with E-state index in [1.807, 2.05) is 30.3 Å². The third-order valence-electron chi connectivity index (χ3n) is 3.36. The zero-order valence-electron chi connectivity index (χ0n) is 13.6. The number of hydrogen-bond donors (Lipinski definition) is 1. The molecule has 0 atom stereocenters. The monoisotopic (exact) mass is 371 g/mol. The maximum absolute atomic E-state index is 12.3. The van der Waals surface area contributed by atoms with E-state index in [-0.39, 0.29) is 5.91 Å². The Bertz CT molecular complexity index is 820. The van der Waals surface area contributed by atoms with Gasteiger partial charge in [0.2, 0.25) is 5.13 Å². The second kappa shape index (κ2) is 8.75. The highest BCUT2D eigenvalue weighted by molar-refractivity contribution is 8.00. The number of amides is 1. The number of methoxy groups -OCH3 is 1. The first-order chi connectivity index (χ1) is 12.2. The van der Waals surface area contributed by atoms with Crippen molar-refractivity contribution < 1.29 is 9.53 Å². The minimum Gasteiger partial charge on any atom is -0.380 e. The predicted octanol–water partition coefficient (Wildman–Crippen LogP) is 4.23. The van der Waals surface area contributed by atoms with Crippen molar-refractivity contribution in [3.05, 3.63) is 71.3 Å². The number of anilines is 1. The van der Waals surface area contributed by atoms with Crippen LogP contribution in [0.1, 0.15) is 21.5 Å². The summed E-state index contributed by atoms with van der Waals surface area (Å²) in [4.78, 5) is 12.3. The van der Waals surface area contributed by atoms with Crippen molar-refractivity contribution in [2.24, 2.45) is 0 Å². The lowest BCUT2D eigenvalue weighted by Crippen LogP contribution is -2.11. The summed E-state index contributed by atoms with van der Waals surface area (Å²) in [5, 5.41) is 11.4. The molecule has 1 amide bonds. The maximum atomic E-state index is 12.3. The first-order valence-corrected chi connectivity index (χ1v) is 9.44. The van der Waals surface area contributed by atoms with Crippen molar-refractivity contribution in [3.8, 4) is 0 Å². The molecule has 25 heavy (non-hydrogen) atoms. The molecule has 0 saturated carbocycles. The fraction of sp³-hybridized carbons (Fsp3) is 0.167. The number of ether oxygens (including phenoxy) is 1. The molecule has 1 heterocycles. The van der Waals surface area contributed by atoms with Crippen LogP contribution in [0.4, 0.5) is 5.13 Å². The molecule has 0 aliphatic heterocycles. The van der Waals surface area contributed by atoms with Gasteiger partial charge in [-0.15, -0.1) is 10.2 Å². The molecule has 0 aliphatic rings. The first kappa shape index (κ1) is 17.6. The number of nitrogens with one attached hydrogen (secondary N) is 1. The van der Waals surface area contributed by atoms with Gasteiger partial charge in [-0.3, -0.25) is 10.1 Å². The quantitative estimate of drug-likeness (QED) is 0.497. The van der Waals surface area contributed by atoms with E-state index in [4.69, 9.17) is 4.74 Å². The standard InChI is InChI=1S/C18H17N3O2S2/c1-23-11-13-7-9-15(10-8-13)16(22)19-17-20-21-18(25-17)24-12-14-5-3-2-4-6-14/h2-10H,11-12H2,1H3,(H,19,20,22). The van der Waals surface area contributed by atoms with Crippen LogP contribution in [-0.2, 0) is 17.1 Å². The van der Waals surface area contributed by atoms with Gasteiger partial charge in [0.1, 0.15) is 0 Å². The SMILES string of the molecule is COCc1ccc(C(=O)Nc2nnc(SCc3ccccc3)s2)cc1. The average molecular weight is 371 g/mol. The van der Waals surface area contributed by atoms with Crippen LogP contribution in [0, 0.1) is 0 Å². The molecule has 0 aliphatic carbocycles. The van der Waals surface area contributed by atoms with E-state index in [2.05, 4.69) is 27.6 Å². The van der Waals surface area contributed by atoms with Crippen LogP contribution in [0.5, 0.6) is 0 Å². The highest BCUT2D eigenvalue weighted by atomic mass is 32.2. The second-order valence-corrected chi connectivity index (χ2v) is 7.43. The van der Waals surface area contributed by atoms with Crippen molar-refractivity contribution >= 4 is 34.1 Å². The fourth-order valence-corrected chi connectivity index (χ4v) is 3.83. The van der Waals surface area contributed by atoms with E-state index < -0.39 is 0 Å². The molecule has 0 spiro atoms. The largest absolute Gasteiger partial charge is 0.380 e. The third kappa shape index (κ3) is 5.12. The van der Waals surface area contributed by atoms with Gasteiger partial charge < -0.3 is 4.74 Å². The van der Waals surface area contributed by atoms with Crippen molar-refractivity contribution in [3.63, 3.8) is 0 Å². The van der Waals surface area contributed by atoms with Gasteiger partial charge in [-0.05, 0) is 23.3 Å². The van der Waals surface area contributed by atoms with Crippen LogP contribution < -0.4 is 5.32 Å². The molecular weight excluding hydrogens is 354 g/mol. The third-order valence-corrected chi connectivity index (χ3v) is 5.40. The lowest BCUT2D eigenvalue weighted by atomic mass is 10.1. The van der Waals surface area contributed by atoms with Gasteiger partial charge in [-0.1, -0.05) is 65.6 Å². The number of hydrogen-bond acceptors (Lipinski definition) is 6. The summed E-state index contributed by atoms with van der Waals surface area (Å²) in [6.07, 6.45) is 0. The van der Waals surface area contributed by atoms with Crippen molar-refractivity contribution in [2.75, 3.05) is 12.4 Å². The maximum Gasteiger partial charge on any atom is 0.257 e. The smallest absolute Gasteiger partial charge is 0.257 e. The lowest BCUT2D eigenvalue weighted by Gasteiger charge is -2.03. The van der Waals surface area contributed by atoms with E-state index >= 15 is 0 Å². The van der Waals surface area contributed by atoms with Gasteiger partial charge >= 0.3 is 0 Å². The van der Waals surface area contributed by atoms with Gasteiger partial charge in [0, 0.05) is 18.4 Å². The zero-order valence-corrected chi connectivity index (χ0v) is 15.3. The molecule has 3 rings (SSSR count). The molecule has 1 aromatic heterocycles. The van der Waals surface area contributed by atoms with Crippen molar-refractivity contribution in [1.29, 1.82) is 0 Å². The fourth-order valence-electron chi connectivity index (χ4n) is 2.13. The topological polar surface area (TPSA) is 64.1 Å². The Morgan fingerprint density at radius 3 is 2.56 bits per heavy atom. The minimum absolute atomic E-state index is 0.195. The Labute approximate surface area is 154 Å². The zero-order chi connectivity index (χ0) is 17.5. The number of carbonyl (C=O) groups is 1. The Hall–Kier alpha value is -2.22. The Morgan fingerprint density at radius 2 is 1.84 bits per heavy atom. The van der Waals surface area contributed by atoms with E-state index in [1.165, 1.54) is 16.9 Å². The normalized spacial score (nSPS) is 10.6. The summed E-state index contributed by atoms with van der Waals surface area (Å²) in [6, 6.07) is 17.5. The van der Waals surface area contributed by atoms with Crippen LogP contribution in [0.2, 0.25) is 0 Å². The van der Waals surface area contributed by atoms with Crippen LogP contribution in [-0.4, -0.2) is 23.2 Å². The number of carbonyl (C=O) groups excluding carboxylic acids is 1. The molecule has 5 nitrogen and oxygen atoms in total. The molecule has 0 radical (unpaired) electrons. The molecule has 0 saturated heterocycles. The number of rotatable bonds is 7. The van der Waals surface area contributed by atoms with E-state index in [0.29, 0.717) is 17.3 Å². The van der Waals surface area contributed by atoms with Crippen LogP contribution in [0.25, 0.3) is 0 Å². The number of benzene rings is 2. The second-order valence-electron chi connectivity index (χ2n) is 5.23. The summed E-state index contributed by atoms with van der Waals surface area (Å²) in [5.74, 6) is 0.629. The van der Waals surface area contributed by atoms with Crippen molar-refractivity contribution in [1.82, 2.24) is 10.2 Å². The minimum atomic E-state index is -0.195. The summed E-state index contributed by atoms with van der Waals surface area (Å²) >= 11 is 2.98. The highest BCUT2D eigenvalue weighted by Gasteiger charge is 2.10. The van der Waals surface area contributed by atoms with E-state index in [9.17, 15) is 4.79 Å². The van der Waals surface area contributed by atoms with Crippen LogP contribution in [0.3, 0.4) is 0 Å². The molecular formula is C18H17N3O2S2. The molecule has 7 heteroatoms. The predicted molar refractivity (Wildman–Crippen MR) is 101 cm³/mol. The van der Waals surface area contributed by atoms with Crippen LogP contribution >= 0.6 is 23.1 Å². The molecule has 0 bridgehead atoms. The molecule has 2 aromatic carbocycles. The molecule has 1 N–H and O–H groups in total. The first-order valence-electron chi connectivity index (χ1n) is 7.64. The van der Waals surface area contributed by atoms with Gasteiger partial charge in [-0.2, -0.15) is 0 Å². The average Bonchev–Trinajstić information content (AvgIpc) is 3.09. The van der Waals surface area contributed by atoms with Gasteiger partial charge in [0.15, 0.2) is 4.34 Å². The van der Waals surface area contributed by atoms with E-state index in [1.54, 1.807) is 31.0 Å². The summed E-state index contributed by atoms with van der Waals surface area (Å²) in [5.41, 5.74) is 2.83. The van der Waals surface area contributed by atoms with E-state index in [0.717, 1.165) is 15.7 Å². The summed E-state index contributed by atoms with van der Waals surface area (Å²) in [6.45, 7) is 0.528. The van der Waals surface area contributed by atoms with Gasteiger partial charge in [-0.25, -0.2) is 0 Å². The molecule has 0 fully saturated rings. The highest BCUT2D eigenvalue weighted by Crippen LogP contribution is 2.28. The lowest BCUT2D eigenvalue weighted by molar-refractivity contribution is 0.102. The number of aromatic nitrogens is 2. The molecule has 3 aromatic rings. The summed E-state index contributed by atoms with van der Waals surface area (Å²) < 4.78 is 5.89. The Kier molecular flexibility index (Phi) is 6.16.